The number of carboxylic acid groups (broad SMARTS) is 1. The quantitative estimate of drug-likeness (QED) is 0.789. The smallest absolute Gasteiger partial charge is 0.328 e. The number of aliphatic carboxylic acids is 1. The van der Waals surface area contributed by atoms with Gasteiger partial charge in [0.2, 0.25) is 0 Å². The summed E-state index contributed by atoms with van der Waals surface area (Å²) in [4.78, 5) is 26.6. The van der Waals surface area contributed by atoms with Crippen LogP contribution in [0.15, 0.2) is 47.2 Å². The summed E-state index contributed by atoms with van der Waals surface area (Å²) in [7, 11) is 0. The molecule has 0 fully saturated rings. The molecule has 0 radical (unpaired) electrons. The molecule has 6 nitrogen and oxygen atoms in total. The van der Waals surface area contributed by atoms with Gasteiger partial charge in [-0.3, -0.25) is 9.78 Å². The SMILES string of the molecule is O=C(O)/C=C/c1cccnc1C(=O)NCCc1ccco1. The minimum absolute atomic E-state index is 0.189. The molecule has 2 aromatic heterocycles. The number of aromatic nitrogens is 1. The minimum Gasteiger partial charge on any atom is -0.478 e. The van der Waals surface area contributed by atoms with E-state index in [1.54, 1.807) is 24.5 Å². The Kier molecular flexibility index (Phi) is 4.87. The Morgan fingerprint density at radius 3 is 2.90 bits per heavy atom. The molecule has 108 valence electrons. The molecule has 0 aliphatic heterocycles. The molecule has 2 aromatic rings. The van der Waals surface area contributed by atoms with Crippen LogP contribution < -0.4 is 5.32 Å². The van der Waals surface area contributed by atoms with Gasteiger partial charge in [0, 0.05) is 30.8 Å². The largest absolute Gasteiger partial charge is 0.478 e. The van der Waals surface area contributed by atoms with E-state index in [0.29, 0.717) is 18.5 Å². The Morgan fingerprint density at radius 2 is 2.19 bits per heavy atom. The number of carbonyl (C=O) groups excluding carboxylic acids is 1. The number of rotatable bonds is 6. The third-order valence-corrected chi connectivity index (χ3v) is 2.70. The number of pyridine rings is 1. The molecule has 2 N–H and O–H groups in total. The van der Waals surface area contributed by atoms with Crippen molar-refractivity contribution in [2.45, 2.75) is 6.42 Å². The van der Waals surface area contributed by atoms with Crippen LogP contribution in [0.4, 0.5) is 0 Å². The van der Waals surface area contributed by atoms with Gasteiger partial charge in [0.05, 0.1) is 6.26 Å². The zero-order chi connectivity index (χ0) is 15.1. The number of nitrogens with one attached hydrogen (secondary N) is 1. The molecule has 0 saturated carbocycles. The Hall–Kier alpha value is -2.89. The van der Waals surface area contributed by atoms with E-state index in [0.717, 1.165) is 11.8 Å². The highest BCUT2D eigenvalue weighted by molar-refractivity contribution is 5.97. The summed E-state index contributed by atoms with van der Waals surface area (Å²) in [5.41, 5.74) is 0.643. The first-order chi connectivity index (χ1) is 10.2. The lowest BCUT2D eigenvalue weighted by Crippen LogP contribution is -2.27. The van der Waals surface area contributed by atoms with Crippen molar-refractivity contribution in [1.82, 2.24) is 10.3 Å². The summed E-state index contributed by atoms with van der Waals surface area (Å²) in [6, 6.07) is 6.88. The monoisotopic (exact) mass is 286 g/mol. The first kappa shape index (κ1) is 14.5. The van der Waals surface area contributed by atoms with E-state index in [-0.39, 0.29) is 11.6 Å². The van der Waals surface area contributed by atoms with E-state index in [1.807, 2.05) is 6.07 Å². The van der Waals surface area contributed by atoms with E-state index < -0.39 is 5.97 Å². The lowest BCUT2D eigenvalue weighted by molar-refractivity contribution is -0.131. The molecule has 21 heavy (non-hydrogen) atoms. The third-order valence-electron chi connectivity index (χ3n) is 2.70. The lowest BCUT2D eigenvalue weighted by atomic mass is 10.1. The van der Waals surface area contributed by atoms with Crippen molar-refractivity contribution in [2.75, 3.05) is 6.54 Å². The first-order valence-corrected chi connectivity index (χ1v) is 6.33. The van der Waals surface area contributed by atoms with Gasteiger partial charge in [-0.05, 0) is 24.3 Å². The van der Waals surface area contributed by atoms with Crippen molar-refractivity contribution < 1.29 is 19.1 Å². The molecule has 2 heterocycles. The standard InChI is InChI=1S/C15H14N2O4/c18-13(19)6-5-11-3-1-8-16-14(11)15(20)17-9-7-12-4-2-10-21-12/h1-6,8,10H,7,9H2,(H,17,20)(H,18,19)/b6-5+. The fourth-order valence-electron chi connectivity index (χ4n) is 1.74. The second-order valence-corrected chi connectivity index (χ2v) is 4.20. The van der Waals surface area contributed by atoms with Gasteiger partial charge in [0.25, 0.3) is 5.91 Å². The predicted octanol–water partition coefficient (Wildman–Crippen LogP) is 1.74. The van der Waals surface area contributed by atoms with Gasteiger partial charge in [0.1, 0.15) is 11.5 Å². The normalized spacial score (nSPS) is 10.7. The van der Waals surface area contributed by atoms with E-state index in [4.69, 9.17) is 9.52 Å². The summed E-state index contributed by atoms with van der Waals surface area (Å²) in [6.45, 7) is 0.408. The van der Waals surface area contributed by atoms with Gasteiger partial charge in [0.15, 0.2) is 0 Å². The molecule has 0 bridgehead atoms. The summed E-state index contributed by atoms with van der Waals surface area (Å²) in [6.07, 6.45) is 5.95. The number of nitrogens with zero attached hydrogens (tertiary/aromatic N) is 1. The Balaban J connectivity index is 2.00. The maximum atomic E-state index is 12.1. The average molecular weight is 286 g/mol. The van der Waals surface area contributed by atoms with Gasteiger partial charge >= 0.3 is 5.97 Å². The highest BCUT2D eigenvalue weighted by Crippen LogP contribution is 2.08. The molecule has 2 rings (SSSR count). The van der Waals surface area contributed by atoms with Crippen molar-refractivity contribution in [3.63, 3.8) is 0 Å². The van der Waals surface area contributed by atoms with Gasteiger partial charge < -0.3 is 14.8 Å². The van der Waals surface area contributed by atoms with Gasteiger partial charge in [-0.2, -0.15) is 0 Å². The molecule has 0 saturated heterocycles. The topological polar surface area (TPSA) is 92.4 Å². The van der Waals surface area contributed by atoms with Crippen LogP contribution >= 0.6 is 0 Å². The maximum Gasteiger partial charge on any atom is 0.328 e. The van der Waals surface area contributed by atoms with Crippen molar-refractivity contribution in [1.29, 1.82) is 0 Å². The van der Waals surface area contributed by atoms with Crippen LogP contribution in [0.5, 0.6) is 0 Å². The van der Waals surface area contributed by atoms with Crippen LogP contribution in [0, 0.1) is 0 Å². The summed E-state index contributed by atoms with van der Waals surface area (Å²) < 4.78 is 5.17. The van der Waals surface area contributed by atoms with Gasteiger partial charge in [-0.15, -0.1) is 0 Å². The Bertz CT molecular complexity index is 647. The second-order valence-electron chi connectivity index (χ2n) is 4.20. The van der Waals surface area contributed by atoms with Gasteiger partial charge in [-0.25, -0.2) is 4.79 Å². The summed E-state index contributed by atoms with van der Waals surface area (Å²) in [5, 5.41) is 11.4. The Morgan fingerprint density at radius 1 is 1.33 bits per heavy atom. The van der Waals surface area contributed by atoms with Crippen molar-refractivity contribution in [2.24, 2.45) is 0 Å². The van der Waals surface area contributed by atoms with E-state index >= 15 is 0 Å². The van der Waals surface area contributed by atoms with E-state index in [9.17, 15) is 9.59 Å². The molecule has 0 aromatic carbocycles. The lowest BCUT2D eigenvalue weighted by Gasteiger charge is -2.06. The first-order valence-electron chi connectivity index (χ1n) is 6.33. The number of carbonyl (C=O) groups is 2. The zero-order valence-corrected chi connectivity index (χ0v) is 11.2. The van der Waals surface area contributed by atoms with Crippen LogP contribution in [-0.2, 0) is 11.2 Å². The molecular formula is C15H14N2O4. The molecular weight excluding hydrogens is 272 g/mol. The number of carboxylic acids is 1. The summed E-state index contributed by atoms with van der Waals surface area (Å²) >= 11 is 0. The number of hydrogen-bond acceptors (Lipinski definition) is 4. The highest BCUT2D eigenvalue weighted by Gasteiger charge is 2.10. The highest BCUT2D eigenvalue weighted by atomic mass is 16.4. The average Bonchev–Trinajstić information content (AvgIpc) is 2.98. The molecule has 6 heteroatoms. The fraction of sp³-hybridized carbons (Fsp3) is 0.133. The molecule has 0 aliphatic rings. The molecule has 0 atom stereocenters. The number of furan rings is 1. The van der Waals surface area contributed by atoms with E-state index in [2.05, 4.69) is 10.3 Å². The van der Waals surface area contributed by atoms with Crippen LogP contribution in [-0.4, -0.2) is 28.5 Å². The molecule has 1 amide bonds. The van der Waals surface area contributed by atoms with E-state index in [1.165, 1.54) is 12.3 Å². The van der Waals surface area contributed by atoms with Crippen LogP contribution in [0.25, 0.3) is 6.08 Å². The minimum atomic E-state index is -1.08. The predicted molar refractivity (Wildman–Crippen MR) is 75.7 cm³/mol. The fourth-order valence-corrected chi connectivity index (χ4v) is 1.74. The van der Waals surface area contributed by atoms with Crippen molar-refractivity contribution in [3.8, 4) is 0 Å². The number of hydrogen-bond donors (Lipinski definition) is 2. The third kappa shape index (κ3) is 4.31. The van der Waals surface area contributed by atoms with Gasteiger partial charge in [-0.1, -0.05) is 6.07 Å². The van der Waals surface area contributed by atoms with Crippen LogP contribution in [0.1, 0.15) is 21.8 Å². The van der Waals surface area contributed by atoms with Crippen LogP contribution in [0.2, 0.25) is 0 Å². The van der Waals surface area contributed by atoms with Crippen molar-refractivity contribution in [3.05, 3.63) is 59.8 Å². The second kappa shape index (κ2) is 7.04. The molecule has 0 spiro atoms. The molecule has 0 aliphatic carbocycles. The zero-order valence-electron chi connectivity index (χ0n) is 11.2. The summed E-state index contributed by atoms with van der Waals surface area (Å²) in [5.74, 6) is -0.655. The molecule has 0 unspecified atom stereocenters. The maximum absolute atomic E-state index is 12.1. The van der Waals surface area contributed by atoms with Crippen LogP contribution in [0.3, 0.4) is 0 Å². The van der Waals surface area contributed by atoms with Crippen molar-refractivity contribution >= 4 is 18.0 Å². The Labute approximate surface area is 121 Å². The number of amides is 1.